The highest BCUT2D eigenvalue weighted by Crippen LogP contribution is 2.64. The smallest absolute Gasteiger partial charge is 0.453 e. The number of hydrogen-bond donors (Lipinski definition) is 1. The van der Waals surface area contributed by atoms with Crippen LogP contribution in [0.15, 0.2) is 18.2 Å². The zero-order valence-corrected chi connectivity index (χ0v) is 29.8. The number of alkyl halides is 6. The summed E-state index contributed by atoms with van der Waals surface area (Å²) in [5.41, 5.74) is 1.70. The molecule has 1 aromatic rings. The van der Waals surface area contributed by atoms with Gasteiger partial charge in [-0.3, -0.25) is 8.76 Å². The van der Waals surface area contributed by atoms with Crippen molar-refractivity contribution in [3.05, 3.63) is 29.3 Å². The van der Waals surface area contributed by atoms with Crippen LogP contribution in [0.4, 0.5) is 26.3 Å². The van der Waals surface area contributed by atoms with Crippen LogP contribution in [0.2, 0.25) is 0 Å². The van der Waals surface area contributed by atoms with Crippen molar-refractivity contribution in [2.24, 2.45) is 23.2 Å². The largest absolute Gasteiger partial charge is 0.468 e. The van der Waals surface area contributed by atoms with Crippen LogP contribution in [0.5, 0.6) is 5.75 Å². The summed E-state index contributed by atoms with van der Waals surface area (Å²) in [5, 5.41) is 0. The lowest BCUT2D eigenvalue weighted by atomic mass is 9.52. The fourth-order valence-electron chi connectivity index (χ4n) is 8.75. The Bertz CT molecular complexity index is 1360. The van der Waals surface area contributed by atoms with Gasteiger partial charge in [-0.05, 0) is 91.9 Å². The van der Waals surface area contributed by atoms with Crippen molar-refractivity contribution in [2.75, 3.05) is 25.4 Å². The van der Waals surface area contributed by atoms with Gasteiger partial charge < -0.3 is 9.47 Å². The van der Waals surface area contributed by atoms with E-state index in [4.69, 9.17) is 13.7 Å². The Morgan fingerprint density at radius 2 is 1.65 bits per heavy atom. The van der Waals surface area contributed by atoms with Gasteiger partial charge in [0.15, 0.2) is 6.79 Å². The first-order valence-corrected chi connectivity index (χ1v) is 20.2. The molecule has 3 aliphatic carbocycles. The number of rotatable bonds is 19. The molecule has 0 aromatic heterocycles. The van der Waals surface area contributed by atoms with Gasteiger partial charge in [-0.2, -0.15) is 30.4 Å². The summed E-state index contributed by atoms with van der Waals surface area (Å²) in [6.07, 6.45) is -0.641. The van der Waals surface area contributed by atoms with E-state index in [0.717, 1.165) is 63.5 Å². The SMILES string of the molecule is COCOc1ccc2c(c1)C[C@@H](CCCCCCCCCS(=O)CCCC(F)(F)C(F)(F)F)[C@@H]1[C@@H]2CC[C@@]2(C)[C@H]1C[C@@H](F)[C@@H]2OS(=O)(=O)O. The summed E-state index contributed by atoms with van der Waals surface area (Å²) in [6, 6.07) is 6.08. The van der Waals surface area contributed by atoms with E-state index < -0.39 is 63.8 Å². The summed E-state index contributed by atoms with van der Waals surface area (Å²) < 4.78 is 139. The summed E-state index contributed by atoms with van der Waals surface area (Å²) in [4.78, 5) is 0. The van der Waals surface area contributed by atoms with Crippen molar-refractivity contribution in [1.82, 2.24) is 0 Å². The lowest BCUT2D eigenvalue weighted by molar-refractivity contribution is -0.284. The molecule has 2 saturated carbocycles. The quantitative estimate of drug-likeness (QED) is 0.0654. The molecule has 0 bridgehead atoms. The molecule has 1 N–H and O–H groups in total. The van der Waals surface area contributed by atoms with Crippen LogP contribution in [-0.4, -0.2) is 67.0 Å². The summed E-state index contributed by atoms with van der Waals surface area (Å²) in [6.45, 7) is 2.03. The Morgan fingerprint density at radius 3 is 2.31 bits per heavy atom. The van der Waals surface area contributed by atoms with E-state index in [1.54, 1.807) is 7.11 Å². The first-order chi connectivity index (χ1) is 23.0. The van der Waals surface area contributed by atoms with Crippen LogP contribution < -0.4 is 4.74 Å². The number of fused-ring (bicyclic) bond motifs is 5. The minimum Gasteiger partial charge on any atom is -0.468 e. The van der Waals surface area contributed by atoms with Gasteiger partial charge in [-0.25, -0.2) is 8.57 Å². The molecule has 1 aromatic carbocycles. The molecule has 7 nitrogen and oxygen atoms in total. The summed E-state index contributed by atoms with van der Waals surface area (Å²) in [7, 11) is -4.68. The molecule has 0 heterocycles. The van der Waals surface area contributed by atoms with E-state index in [1.807, 2.05) is 13.0 Å². The molecule has 0 amide bonds. The normalized spacial score (nSPS) is 29.2. The Morgan fingerprint density at radius 1 is 1.00 bits per heavy atom. The van der Waals surface area contributed by atoms with Crippen LogP contribution in [0.3, 0.4) is 0 Å². The van der Waals surface area contributed by atoms with Gasteiger partial charge in [0.05, 0.1) is 0 Å². The zero-order chi connectivity index (χ0) is 36.0. The molecule has 4 rings (SSSR count). The summed E-state index contributed by atoms with van der Waals surface area (Å²) in [5.74, 6) is -3.46. The van der Waals surface area contributed by atoms with Crippen LogP contribution in [0.1, 0.15) is 107 Å². The maximum Gasteiger partial charge on any atom is 0.453 e. The molecule has 3 aliphatic rings. The minimum atomic E-state index is -5.58. The molecule has 15 heteroatoms. The van der Waals surface area contributed by atoms with Crippen molar-refractivity contribution in [2.45, 2.75) is 127 Å². The third-order valence-corrected chi connectivity index (χ3v) is 13.0. The second-order valence-corrected chi connectivity index (χ2v) is 17.1. The highest BCUT2D eigenvalue weighted by atomic mass is 32.3. The van der Waals surface area contributed by atoms with E-state index in [0.29, 0.717) is 12.8 Å². The second kappa shape index (κ2) is 16.9. The van der Waals surface area contributed by atoms with Crippen molar-refractivity contribution in [3.8, 4) is 5.75 Å². The zero-order valence-electron chi connectivity index (χ0n) is 28.2. The van der Waals surface area contributed by atoms with Gasteiger partial charge in [0.1, 0.15) is 18.0 Å². The predicted molar refractivity (Wildman–Crippen MR) is 174 cm³/mol. The lowest BCUT2D eigenvalue weighted by Gasteiger charge is -2.53. The standard InChI is InChI=1S/C34H50F6O7S2/c1-32-16-14-27-26-13-12-25(46-22-45-2)20-24(26)19-23(30(27)28(32)21-29(35)31(32)47-49(42,43)44)11-8-6-4-3-5-7-9-17-48(41)18-10-15-33(36,37)34(38,39)40/h12-13,20,23,27-31H,3-11,14-19,21-22H2,1-2H3,(H,42,43,44)/t23-,27-,28+,29-,30-,31+,32+,48?/m1/s1. The number of halogens is 6. The van der Waals surface area contributed by atoms with E-state index >= 15 is 4.39 Å². The molecule has 2 fully saturated rings. The van der Waals surface area contributed by atoms with Crippen molar-refractivity contribution in [1.29, 1.82) is 0 Å². The van der Waals surface area contributed by atoms with Gasteiger partial charge in [-0.15, -0.1) is 0 Å². The van der Waals surface area contributed by atoms with E-state index in [9.17, 15) is 39.1 Å². The number of benzene rings is 1. The molecule has 1 unspecified atom stereocenters. The van der Waals surface area contributed by atoms with Crippen molar-refractivity contribution >= 4 is 21.2 Å². The van der Waals surface area contributed by atoms with Gasteiger partial charge in [0, 0.05) is 41.3 Å². The molecule has 0 radical (unpaired) electrons. The maximum absolute atomic E-state index is 15.5. The van der Waals surface area contributed by atoms with Crippen LogP contribution in [0, 0.1) is 23.2 Å². The highest BCUT2D eigenvalue weighted by Gasteiger charge is 2.62. The average molecular weight is 749 g/mol. The topological polar surface area (TPSA) is 99.1 Å². The van der Waals surface area contributed by atoms with Crippen LogP contribution >= 0.6 is 0 Å². The molecule has 0 spiro atoms. The first kappa shape index (κ1) is 40.4. The molecular formula is C34H50F6O7S2. The maximum atomic E-state index is 15.5. The van der Waals surface area contributed by atoms with Crippen molar-refractivity contribution < 1.29 is 57.2 Å². The van der Waals surface area contributed by atoms with E-state index in [-0.39, 0.29) is 48.4 Å². The van der Waals surface area contributed by atoms with Crippen LogP contribution in [-0.2, 0) is 36.5 Å². The third kappa shape index (κ3) is 10.3. The van der Waals surface area contributed by atoms with Gasteiger partial charge in [-0.1, -0.05) is 51.5 Å². The fourth-order valence-corrected chi connectivity index (χ4v) is 10.5. The Balaban J connectivity index is 1.28. The Hall–Kier alpha value is -1.42. The fraction of sp³-hybridized carbons (Fsp3) is 0.824. The van der Waals surface area contributed by atoms with Gasteiger partial charge in [0.2, 0.25) is 0 Å². The molecule has 0 aliphatic heterocycles. The van der Waals surface area contributed by atoms with Gasteiger partial charge in [0.25, 0.3) is 0 Å². The van der Waals surface area contributed by atoms with Crippen molar-refractivity contribution in [3.63, 3.8) is 0 Å². The second-order valence-electron chi connectivity index (χ2n) is 14.3. The van der Waals surface area contributed by atoms with E-state index in [2.05, 4.69) is 12.1 Å². The molecule has 8 atom stereocenters. The minimum absolute atomic E-state index is 0.109. The van der Waals surface area contributed by atoms with Crippen LogP contribution in [0.25, 0.3) is 0 Å². The third-order valence-electron chi connectivity index (χ3n) is 11.1. The first-order valence-electron chi connectivity index (χ1n) is 17.3. The Kier molecular flexibility index (Phi) is 14.0. The molecule has 0 saturated heterocycles. The summed E-state index contributed by atoms with van der Waals surface area (Å²) >= 11 is 0. The highest BCUT2D eigenvalue weighted by molar-refractivity contribution is 7.84. The number of hydrogen-bond acceptors (Lipinski definition) is 6. The number of unbranched alkanes of at least 4 members (excludes halogenated alkanes) is 6. The van der Waals surface area contributed by atoms with Gasteiger partial charge >= 0.3 is 22.5 Å². The van der Waals surface area contributed by atoms with E-state index in [1.165, 1.54) is 11.1 Å². The average Bonchev–Trinajstić information content (AvgIpc) is 3.26. The molecule has 49 heavy (non-hydrogen) atoms. The Labute approximate surface area is 288 Å². The number of ether oxygens (including phenoxy) is 2. The monoisotopic (exact) mass is 748 g/mol. The predicted octanol–water partition coefficient (Wildman–Crippen LogP) is 8.73. The number of methoxy groups -OCH3 is 1. The molecular weight excluding hydrogens is 698 g/mol. The lowest BCUT2D eigenvalue weighted by Crippen LogP contribution is -2.48. The molecule has 282 valence electrons.